The second kappa shape index (κ2) is 15.4. The van der Waals surface area contributed by atoms with Crippen molar-refractivity contribution >= 4 is 57.4 Å². The van der Waals surface area contributed by atoms with Crippen LogP contribution in [0.15, 0.2) is 23.6 Å². The van der Waals surface area contributed by atoms with Gasteiger partial charge < -0.3 is 25.2 Å². The van der Waals surface area contributed by atoms with Crippen molar-refractivity contribution in [2.45, 2.75) is 45.1 Å². The van der Waals surface area contributed by atoms with Crippen LogP contribution in [0.25, 0.3) is 0 Å². The molecule has 1 aromatic heterocycles. The van der Waals surface area contributed by atoms with E-state index in [1.165, 1.54) is 54.7 Å². The molecule has 0 spiro atoms. The third kappa shape index (κ3) is 9.50. The third-order valence-corrected chi connectivity index (χ3v) is 7.73. The number of amides is 3. The molecule has 1 aromatic carbocycles. The zero-order valence-electron chi connectivity index (χ0n) is 21.8. The maximum atomic E-state index is 13.0. The summed E-state index contributed by atoms with van der Waals surface area (Å²) in [7, 11) is 1.51. The van der Waals surface area contributed by atoms with E-state index in [9.17, 15) is 14.4 Å². The first-order chi connectivity index (χ1) is 18.3. The van der Waals surface area contributed by atoms with Crippen LogP contribution < -0.4 is 10.6 Å². The number of nitrogens with zero attached hydrogens (tertiary/aromatic N) is 3. The van der Waals surface area contributed by atoms with Crippen LogP contribution in [0.5, 0.6) is 0 Å². The summed E-state index contributed by atoms with van der Waals surface area (Å²) in [4.78, 5) is 46.2. The smallest absolute Gasteiger partial charge is 0.255 e. The van der Waals surface area contributed by atoms with E-state index in [-0.39, 0.29) is 42.6 Å². The van der Waals surface area contributed by atoms with Gasteiger partial charge in [-0.25, -0.2) is 4.98 Å². The van der Waals surface area contributed by atoms with Gasteiger partial charge in [0.1, 0.15) is 6.54 Å². The van der Waals surface area contributed by atoms with Gasteiger partial charge in [-0.15, -0.1) is 11.3 Å². The van der Waals surface area contributed by atoms with E-state index in [1.54, 1.807) is 11.4 Å². The zero-order chi connectivity index (χ0) is 27.5. The highest BCUT2D eigenvalue weighted by Gasteiger charge is 2.22. The number of benzene rings is 1. The van der Waals surface area contributed by atoms with Gasteiger partial charge in [-0.3, -0.25) is 14.4 Å². The molecule has 0 saturated carbocycles. The molecule has 12 heteroatoms. The number of nitrogens with one attached hydrogen (secondary N) is 2. The standard InChI is InChI=1S/C26H35Cl2N5O4S/c1-18-6-3-4-10-32(18)11-5-9-29-23(34)15-20-17-38-26(30-20)31-24(35)16-33(12-13-37-2)25(36)21-8-7-19(27)14-22(21)28/h7-8,14,17-18H,3-6,9-13,15-16H2,1-2H3,(H,29,34)(H,30,31,35). The lowest BCUT2D eigenvalue weighted by molar-refractivity contribution is -0.120. The largest absolute Gasteiger partial charge is 0.383 e. The summed E-state index contributed by atoms with van der Waals surface area (Å²) in [6.45, 7) is 5.24. The molecule has 2 aromatic rings. The molecule has 1 aliphatic heterocycles. The van der Waals surface area contributed by atoms with Crippen LogP contribution in [-0.4, -0.2) is 85.0 Å². The average Bonchev–Trinajstić information content (AvgIpc) is 3.31. The average molecular weight is 585 g/mol. The predicted octanol–water partition coefficient (Wildman–Crippen LogP) is 4.10. The molecular weight excluding hydrogens is 549 g/mol. The van der Waals surface area contributed by atoms with Crippen LogP contribution in [-0.2, 0) is 20.7 Å². The molecule has 1 atom stereocenters. The van der Waals surface area contributed by atoms with Crippen LogP contribution in [0.2, 0.25) is 10.0 Å². The van der Waals surface area contributed by atoms with E-state index in [0.29, 0.717) is 28.4 Å². The Kier molecular flexibility index (Phi) is 12.3. The summed E-state index contributed by atoms with van der Waals surface area (Å²) in [5.74, 6) is -0.932. The zero-order valence-corrected chi connectivity index (χ0v) is 24.1. The highest BCUT2D eigenvalue weighted by Crippen LogP contribution is 2.23. The van der Waals surface area contributed by atoms with Gasteiger partial charge >= 0.3 is 0 Å². The molecule has 0 radical (unpaired) electrons. The molecule has 2 N–H and O–H groups in total. The molecule has 3 amide bonds. The van der Waals surface area contributed by atoms with Crippen molar-refractivity contribution < 1.29 is 19.1 Å². The van der Waals surface area contributed by atoms with Crippen LogP contribution in [0, 0.1) is 0 Å². The highest BCUT2D eigenvalue weighted by molar-refractivity contribution is 7.13. The first-order valence-corrected chi connectivity index (χ1v) is 14.4. The SMILES string of the molecule is COCCN(CC(=O)Nc1nc(CC(=O)NCCCN2CCCCC2C)cs1)C(=O)c1ccc(Cl)cc1Cl. The van der Waals surface area contributed by atoms with Gasteiger partial charge in [0.15, 0.2) is 5.13 Å². The molecule has 1 fully saturated rings. The lowest BCUT2D eigenvalue weighted by Gasteiger charge is -2.33. The number of likely N-dealkylation sites (tertiary alicyclic amines) is 1. The Morgan fingerprint density at radius 3 is 2.79 bits per heavy atom. The van der Waals surface area contributed by atoms with Gasteiger partial charge in [-0.1, -0.05) is 29.6 Å². The molecule has 1 aliphatic rings. The van der Waals surface area contributed by atoms with Gasteiger partial charge in [0.05, 0.1) is 29.3 Å². The minimum Gasteiger partial charge on any atom is -0.383 e. The van der Waals surface area contributed by atoms with Gasteiger partial charge in [0.25, 0.3) is 5.91 Å². The van der Waals surface area contributed by atoms with Gasteiger partial charge in [0.2, 0.25) is 11.8 Å². The normalized spacial score (nSPS) is 15.7. The Morgan fingerprint density at radius 1 is 1.24 bits per heavy atom. The number of piperidine rings is 1. The monoisotopic (exact) mass is 583 g/mol. The lowest BCUT2D eigenvalue weighted by atomic mass is 10.0. The molecule has 2 heterocycles. The summed E-state index contributed by atoms with van der Waals surface area (Å²) in [6.07, 6.45) is 4.84. The minimum absolute atomic E-state index is 0.101. The number of ether oxygens (including phenoxy) is 1. The summed E-state index contributed by atoms with van der Waals surface area (Å²) < 4.78 is 5.09. The van der Waals surface area contributed by atoms with E-state index in [1.807, 2.05) is 0 Å². The fourth-order valence-electron chi connectivity index (χ4n) is 4.29. The van der Waals surface area contributed by atoms with Crippen LogP contribution in [0.4, 0.5) is 5.13 Å². The molecule has 3 rings (SSSR count). The summed E-state index contributed by atoms with van der Waals surface area (Å²) in [6, 6.07) is 5.19. The quantitative estimate of drug-likeness (QED) is 0.344. The van der Waals surface area contributed by atoms with E-state index >= 15 is 0 Å². The van der Waals surface area contributed by atoms with Gasteiger partial charge in [0, 0.05) is 43.2 Å². The predicted molar refractivity (Wildman–Crippen MR) is 151 cm³/mol. The summed E-state index contributed by atoms with van der Waals surface area (Å²) in [5, 5.41) is 8.38. The second-order valence-corrected chi connectivity index (χ2v) is 11.0. The molecule has 0 bridgehead atoms. The minimum atomic E-state index is -0.420. The molecule has 0 aliphatic carbocycles. The first-order valence-electron chi connectivity index (χ1n) is 12.7. The maximum absolute atomic E-state index is 13.0. The van der Waals surface area contributed by atoms with Crippen LogP contribution in [0.1, 0.15) is 48.7 Å². The molecule has 208 valence electrons. The van der Waals surface area contributed by atoms with Crippen molar-refractivity contribution in [2.24, 2.45) is 0 Å². The number of halogens is 2. The molecular formula is C26H35Cl2N5O4S. The number of aromatic nitrogens is 1. The number of carbonyl (C=O) groups excluding carboxylic acids is 3. The van der Waals surface area contributed by atoms with Crippen molar-refractivity contribution in [2.75, 3.05) is 51.8 Å². The lowest BCUT2D eigenvalue weighted by Crippen LogP contribution is -2.40. The van der Waals surface area contributed by atoms with Crippen molar-refractivity contribution in [3.05, 3.63) is 44.9 Å². The van der Waals surface area contributed by atoms with E-state index in [4.69, 9.17) is 27.9 Å². The Labute approximate surface area is 237 Å². The molecule has 38 heavy (non-hydrogen) atoms. The highest BCUT2D eigenvalue weighted by atomic mass is 35.5. The molecule has 9 nitrogen and oxygen atoms in total. The summed E-state index contributed by atoms with van der Waals surface area (Å²) >= 11 is 13.3. The Morgan fingerprint density at radius 2 is 2.05 bits per heavy atom. The number of hydrogen-bond acceptors (Lipinski definition) is 7. The molecule has 1 unspecified atom stereocenters. The topological polar surface area (TPSA) is 104 Å². The first kappa shape index (κ1) is 30.3. The van der Waals surface area contributed by atoms with E-state index in [0.717, 1.165) is 19.5 Å². The Bertz CT molecular complexity index is 1100. The second-order valence-electron chi connectivity index (χ2n) is 9.30. The van der Waals surface area contributed by atoms with E-state index < -0.39 is 11.8 Å². The van der Waals surface area contributed by atoms with Crippen molar-refractivity contribution in [1.82, 2.24) is 20.1 Å². The van der Waals surface area contributed by atoms with E-state index in [2.05, 4.69) is 27.4 Å². The number of methoxy groups -OCH3 is 1. The van der Waals surface area contributed by atoms with Crippen molar-refractivity contribution in [1.29, 1.82) is 0 Å². The number of anilines is 1. The number of rotatable bonds is 13. The van der Waals surface area contributed by atoms with Crippen molar-refractivity contribution in [3.63, 3.8) is 0 Å². The maximum Gasteiger partial charge on any atom is 0.255 e. The molecule has 1 saturated heterocycles. The van der Waals surface area contributed by atoms with Gasteiger partial charge in [-0.05, 0) is 50.9 Å². The van der Waals surface area contributed by atoms with Crippen molar-refractivity contribution in [3.8, 4) is 0 Å². The number of hydrogen-bond donors (Lipinski definition) is 2. The third-order valence-electron chi connectivity index (χ3n) is 6.37. The van der Waals surface area contributed by atoms with Crippen LogP contribution >= 0.6 is 34.5 Å². The number of carbonyl (C=O) groups is 3. The fraction of sp³-hybridized carbons (Fsp3) is 0.538. The fourth-order valence-corrected chi connectivity index (χ4v) is 5.51. The van der Waals surface area contributed by atoms with Gasteiger partial charge in [-0.2, -0.15) is 0 Å². The number of thiazole rings is 1. The van der Waals surface area contributed by atoms with Crippen LogP contribution in [0.3, 0.4) is 0 Å². The Balaban J connectivity index is 1.46. The summed E-state index contributed by atoms with van der Waals surface area (Å²) in [5.41, 5.74) is 0.820. The Hall–Kier alpha value is -2.24.